The predicted octanol–water partition coefficient (Wildman–Crippen LogP) is 3.57. The van der Waals surface area contributed by atoms with E-state index in [-0.39, 0.29) is 5.91 Å². The number of ether oxygens (including phenoxy) is 1. The molecule has 0 bridgehead atoms. The Morgan fingerprint density at radius 1 is 1.21 bits per heavy atom. The van der Waals surface area contributed by atoms with Crippen molar-refractivity contribution in [2.24, 2.45) is 5.92 Å². The van der Waals surface area contributed by atoms with Gasteiger partial charge in [-0.15, -0.1) is 0 Å². The van der Waals surface area contributed by atoms with Gasteiger partial charge in [-0.3, -0.25) is 10.1 Å². The van der Waals surface area contributed by atoms with Gasteiger partial charge >= 0.3 is 0 Å². The van der Waals surface area contributed by atoms with E-state index in [0.717, 1.165) is 46.6 Å². The number of methoxy groups -OCH3 is 1. The number of amides is 1. The molecule has 144 valence electrons. The second-order valence-electron chi connectivity index (χ2n) is 8.14. The molecule has 5 heteroatoms. The van der Waals surface area contributed by atoms with Crippen LogP contribution in [0.5, 0.6) is 5.75 Å². The van der Waals surface area contributed by atoms with E-state index in [9.17, 15) is 4.79 Å². The lowest BCUT2D eigenvalue weighted by molar-refractivity contribution is -0.123. The van der Waals surface area contributed by atoms with Crippen molar-refractivity contribution in [3.8, 4) is 5.75 Å². The lowest BCUT2D eigenvalue weighted by atomic mass is 9.82. The Morgan fingerprint density at radius 3 is 2.82 bits per heavy atom. The van der Waals surface area contributed by atoms with Gasteiger partial charge in [-0.1, -0.05) is 32.0 Å². The molecule has 2 N–H and O–H groups in total. The molecular formula is C23H25N3O2. The number of aromatic nitrogens is 1. The number of H-pyrrole nitrogens is 1. The lowest BCUT2D eigenvalue weighted by Gasteiger charge is -2.34. The molecule has 0 fully saturated rings. The number of nitrogens with one attached hydrogen (secondary N) is 2. The molecule has 2 aliphatic rings. The SMILES string of the molecule is COc1ccc2[nH]c3c(c2c1)CCN[C@@]31C(=O)N(CC(C)C)c2ccccc21. The highest BCUT2D eigenvalue weighted by atomic mass is 16.5. The van der Waals surface area contributed by atoms with Crippen molar-refractivity contribution >= 4 is 22.5 Å². The number of fused-ring (bicyclic) bond motifs is 6. The summed E-state index contributed by atoms with van der Waals surface area (Å²) in [6, 6.07) is 14.2. The summed E-state index contributed by atoms with van der Waals surface area (Å²) in [5.74, 6) is 1.34. The van der Waals surface area contributed by atoms with Gasteiger partial charge in [-0.25, -0.2) is 0 Å². The Kier molecular flexibility index (Phi) is 3.78. The maximum Gasteiger partial charge on any atom is 0.258 e. The first-order valence-corrected chi connectivity index (χ1v) is 9.92. The minimum Gasteiger partial charge on any atom is -0.497 e. The van der Waals surface area contributed by atoms with Crippen LogP contribution in [-0.4, -0.2) is 31.1 Å². The number of carbonyl (C=O) groups is 1. The van der Waals surface area contributed by atoms with Gasteiger partial charge in [-0.2, -0.15) is 0 Å². The normalized spacial score (nSPS) is 20.9. The van der Waals surface area contributed by atoms with Gasteiger partial charge in [0.15, 0.2) is 5.54 Å². The average Bonchev–Trinajstić information content (AvgIpc) is 3.18. The molecule has 0 saturated heterocycles. The third-order valence-electron chi connectivity index (χ3n) is 5.97. The summed E-state index contributed by atoms with van der Waals surface area (Å²) in [4.78, 5) is 19.4. The van der Waals surface area contributed by atoms with Crippen LogP contribution in [0.1, 0.15) is 30.7 Å². The molecule has 0 aliphatic carbocycles. The molecule has 1 atom stereocenters. The molecular weight excluding hydrogens is 350 g/mol. The van der Waals surface area contributed by atoms with E-state index in [1.54, 1.807) is 7.11 Å². The molecule has 28 heavy (non-hydrogen) atoms. The van der Waals surface area contributed by atoms with E-state index in [1.807, 2.05) is 29.2 Å². The van der Waals surface area contributed by atoms with Gasteiger partial charge in [0.05, 0.1) is 12.8 Å². The zero-order valence-electron chi connectivity index (χ0n) is 16.5. The van der Waals surface area contributed by atoms with Crippen LogP contribution in [-0.2, 0) is 16.8 Å². The van der Waals surface area contributed by atoms with Crippen molar-refractivity contribution in [1.29, 1.82) is 0 Å². The standard InChI is InChI=1S/C23H25N3O2/c1-14(2)13-26-20-7-5-4-6-18(20)23(22(26)27)21-16(10-11-24-23)17-12-15(28-3)8-9-19(17)25-21/h4-9,12,14,24-25H,10-11,13H2,1-3H3/t23-/m1/s1. The monoisotopic (exact) mass is 375 g/mol. The Labute approximate surface area is 164 Å². The molecule has 1 spiro atoms. The Bertz CT molecular complexity index is 1080. The number of benzene rings is 2. The van der Waals surface area contributed by atoms with Crippen LogP contribution in [0.2, 0.25) is 0 Å². The van der Waals surface area contributed by atoms with Crippen LogP contribution < -0.4 is 15.0 Å². The Balaban J connectivity index is 1.77. The number of hydrogen-bond acceptors (Lipinski definition) is 3. The van der Waals surface area contributed by atoms with E-state index in [4.69, 9.17) is 4.74 Å². The number of para-hydroxylation sites is 1. The summed E-state index contributed by atoms with van der Waals surface area (Å²) in [7, 11) is 1.68. The van der Waals surface area contributed by atoms with Crippen molar-refractivity contribution in [3.63, 3.8) is 0 Å². The van der Waals surface area contributed by atoms with E-state index < -0.39 is 5.54 Å². The van der Waals surface area contributed by atoms with Crippen LogP contribution in [0.15, 0.2) is 42.5 Å². The molecule has 0 saturated carbocycles. The average molecular weight is 375 g/mol. The minimum absolute atomic E-state index is 0.113. The number of aromatic amines is 1. The first kappa shape index (κ1) is 17.3. The molecule has 3 aromatic rings. The highest BCUT2D eigenvalue weighted by Gasteiger charge is 2.55. The second kappa shape index (κ2) is 6.11. The summed E-state index contributed by atoms with van der Waals surface area (Å²) in [6.45, 7) is 5.76. The fourth-order valence-corrected chi connectivity index (χ4v) is 4.81. The zero-order chi connectivity index (χ0) is 19.5. The molecule has 5 nitrogen and oxygen atoms in total. The van der Waals surface area contributed by atoms with E-state index in [2.05, 4.69) is 42.3 Å². The summed E-state index contributed by atoms with van der Waals surface area (Å²) in [5, 5.41) is 4.74. The van der Waals surface area contributed by atoms with Gasteiger partial charge < -0.3 is 14.6 Å². The quantitative estimate of drug-likeness (QED) is 0.736. The highest BCUT2D eigenvalue weighted by Crippen LogP contribution is 2.48. The van der Waals surface area contributed by atoms with Crippen molar-refractivity contribution in [1.82, 2.24) is 10.3 Å². The molecule has 5 rings (SSSR count). The zero-order valence-corrected chi connectivity index (χ0v) is 16.5. The van der Waals surface area contributed by atoms with Crippen LogP contribution in [0, 0.1) is 5.92 Å². The molecule has 1 amide bonds. The van der Waals surface area contributed by atoms with E-state index in [0.29, 0.717) is 12.5 Å². The van der Waals surface area contributed by atoms with Gasteiger partial charge in [0, 0.05) is 35.2 Å². The molecule has 0 unspecified atom stereocenters. The smallest absolute Gasteiger partial charge is 0.258 e. The number of nitrogens with zero attached hydrogens (tertiary/aromatic N) is 1. The molecule has 2 aliphatic heterocycles. The molecule has 1 aromatic heterocycles. The number of rotatable bonds is 3. The maximum atomic E-state index is 13.9. The highest BCUT2D eigenvalue weighted by molar-refractivity contribution is 6.11. The maximum absolute atomic E-state index is 13.9. The van der Waals surface area contributed by atoms with E-state index in [1.165, 1.54) is 5.56 Å². The summed E-state index contributed by atoms with van der Waals surface area (Å²) >= 11 is 0. The van der Waals surface area contributed by atoms with Gasteiger partial charge in [0.25, 0.3) is 5.91 Å². The summed E-state index contributed by atoms with van der Waals surface area (Å²) in [6.07, 6.45) is 0.879. The number of hydrogen-bond donors (Lipinski definition) is 2. The van der Waals surface area contributed by atoms with Crippen molar-refractivity contribution < 1.29 is 9.53 Å². The van der Waals surface area contributed by atoms with Crippen LogP contribution in [0.4, 0.5) is 5.69 Å². The predicted molar refractivity (Wildman–Crippen MR) is 111 cm³/mol. The third-order valence-corrected chi connectivity index (χ3v) is 5.97. The first-order chi connectivity index (χ1) is 13.6. The second-order valence-corrected chi connectivity index (χ2v) is 8.14. The van der Waals surface area contributed by atoms with Gasteiger partial charge in [-0.05, 0) is 42.2 Å². The fourth-order valence-electron chi connectivity index (χ4n) is 4.81. The fraction of sp³-hybridized carbons (Fsp3) is 0.348. The van der Waals surface area contributed by atoms with Crippen molar-refractivity contribution in [2.45, 2.75) is 25.8 Å². The Morgan fingerprint density at radius 2 is 2.04 bits per heavy atom. The molecule has 2 aromatic carbocycles. The largest absolute Gasteiger partial charge is 0.497 e. The molecule has 0 radical (unpaired) electrons. The van der Waals surface area contributed by atoms with Crippen molar-refractivity contribution in [3.05, 3.63) is 59.3 Å². The lowest BCUT2D eigenvalue weighted by Crippen LogP contribution is -2.55. The van der Waals surface area contributed by atoms with E-state index >= 15 is 0 Å². The number of carbonyl (C=O) groups excluding carboxylic acids is 1. The minimum atomic E-state index is -0.842. The van der Waals surface area contributed by atoms with Crippen LogP contribution >= 0.6 is 0 Å². The molecule has 3 heterocycles. The number of anilines is 1. The third kappa shape index (κ3) is 2.20. The Hall–Kier alpha value is -2.79. The summed E-state index contributed by atoms with van der Waals surface area (Å²) in [5.41, 5.74) is 4.44. The first-order valence-electron chi connectivity index (χ1n) is 9.92. The van der Waals surface area contributed by atoms with Gasteiger partial charge in [0.2, 0.25) is 0 Å². The summed E-state index contributed by atoms with van der Waals surface area (Å²) < 4.78 is 5.43. The van der Waals surface area contributed by atoms with Crippen LogP contribution in [0.25, 0.3) is 10.9 Å². The van der Waals surface area contributed by atoms with Gasteiger partial charge in [0.1, 0.15) is 5.75 Å². The van der Waals surface area contributed by atoms with Crippen LogP contribution in [0.3, 0.4) is 0 Å². The topological polar surface area (TPSA) is 57.4 Å². The van der Waals surface area contributed by atoms with Crippen molar-refractivity contribution in [2.75, 3.05) is 25.1 Å².